The van der Waals surface area contributed by atoms with Gasteiger partial charge in [0.2, 0.25) is 0 Å². The van der Waals surface area contributed by atoms with Crippen LogP contribution in [0, 0.1) is 5.92 Å². The highest BCUT2D eigenvalue weighted by molar-refractivity contribution is 5.93. The van der Waals surface area contributed by atoms with Crippen molar-refractivity contribution >= 4 is 5.91 Å². The first-order chi connectivity index (χ1) is 9.70. The second-order valence-corrected chi connectivity index (χ2v) is 4.86. The van der Waals surface area contributed by atoms with Gasteiger partial charge in [-0.25, -0.2) is 0 Å². The lowest BCUT2D eigenvalue weighted by molar-refractivity contribution is 0.0940. The molecule has 3 N–H and O–H groups in total. The Morgan fingerprint density at radius 3 is 2.85 bits per heavy atom. The molecule has 1 atom stereocenters. The fourth-order valence-corrected chi connectivity index (χ4v) is 1.88. The zero-order chi connectivity index (χ0) is 14.4. The molecule has 1 heterocycles. The van der Waals surface area contributed by atoms with Crippen LogP contribution < -0.4 is 5.32 Å². The third kappa shape index (κ3) is 3.68. The van der Waals surface area contributed by atoms with Crippen LogP contribution in [0.5, 0.6) is 0 Å². The molecule has 106 valence electrons. The van der Waals surface area contributed by atoms with Gasteiger partial charge in [0, 0.05) is 18.7 Å². The quantitative estimate of drug-likeness (QED) is 0.751. The van der Waals surface area contributed by atoms with Gasteiger partial charge in [-0.05, 0) is 18.4 Å². The van der Waals surface area contributed by atoms with Crippen molar-refractivity contribution in [3.63, 3.8) is 0 Å². The Hall–Kier alpha value is -2.14. The number of carbonyl (C=O) groups is 1. The van der Waals surface area contributed by atoms with Gasteiger partial charge in [-0.15, -0.1) is 0 Å². The Balaban J connectivity index is 1.97. The van der Waals surface area contributed by atoms with E-state index in [9.17, 15) is 4.79 Å². The summed E-state index contributed by atoms with van der Waals surface area (Å²) in [7, 11) is 0. The molecule has 2 aromatic rings. The van der Waals surface area contributed by atoms with E-state index in [1.54, 1.807) is 6.07 Å². The molecule has 1 unspecified atom stereocenters. The lowest BCUT2D eigenvalue weighted by atomic mass is 10.1. The number of aromatic amines is 1. The molecule has 0 spiro atoms. The molecule has 0 aliphatic carbocycles. The van der Waals surface area contributed by atoms with Crippen LogP contribution in [0.1, 0.15) is 23.8 Å². The Bertz CT molecular complexity index is 551. The second-order valence-electron chi connectivity index (χ2n) is 4.86. The fraction of sp³-hybridized carbons (Fsp3) is 0.333. The summed E-state index contributed by atoms with van der Waals surface area (Å²) in [6.45, 7) is 2.66. The van der Waals surface area contributed by atoms with Crippen LogP contribution in [0.3, 0.4) is 0 Å². The lowest BCUT2D eigenvalue weighted by Gasteiger charge is -2.09. The molecule has 0 bridgehead atoms. The van der Waals surface area contributed by atoms with Crippen molar-refractivity contribution in [1.29, 1.82) is 0 Å². The molecular formula is C15H19N3O2. The molecule has 0 aliphatic heterocycles. The van der Waals surface area contributed by atoms with Crippen LogP contribution in [-0.4, -0.2) is 34.4 Å². The zero-order valence-corrected chi connectivity index (χ0v) is 11.5. The molecule has 1 aromatic carbocycles. The first-order valence-corrected chi connectivity index (χ1v) is 6.70. The average Bonchev–Trinajstić information content (AvgIpc) is 2.96. The van der Waals surface area contributed by atoms with Gasteiger partial charge in [0.1, 0.15) is 5.69 Å². The van der Waals surface area contributed by atoms with Crippen LogP contribution in [0.4, 0.5) is 0 Å². The van der Waals surface area contributed by atoms with Gasteiger partial charge < -0.3 is 10.4 Å². The molecule has 1 aromatic heterocycles. The van der Waals surface area contributed by atoms with Crippen molar-refractivity contribution in [2.45, 2.75) is 13.3 Å². The number of H-pyrrole nitrogens is 1. The number of nitrogens with one attached hydrogen (secondary N) is 2. The Kier molecular flexibility index (Phi) is 4.90. The summed E-state index contributed by atoms with van der Waals surface area (Å²) >= 11 is 0. The average molecular weight is 273 g/mol. The number of carbonyl (C=O) groups excluding carboxylic acids is 1. The van der Waals surface area contributed by atoms with E-state index in [2.05, 4.69) is 15.5 Å². The number of aliphatic hydroxyl groups is 1. The van der Waals surface area contributed by atoms with Gasteiger partial charge in [0.05, 0.1) is 5.69 Å². The van der Waals surface area contributed by atoms with Crippen molar-refractivity contribution in [3.8, 4) is 11.3 Å². The topological polar surface area (TPSA) is 78.0 Å². The predicted octanol–water partition coefficient (Wildman–Crippen LogP) is 1.82. The number of rotatable bonds is 6. The minimum atomic E-state index is -0.176. The van der Waals surface area contributed by atoms with E-state index < -0.39 is 0 Å². The molecule has 0 fully saturated rings. The van der Waals surface area contributed by atoms with E-state index in [-0.39, 0.29) is 18.4 Å². The minimum Gasteiger partial charge on any atom is -0.396 e. The van der Waals surface area contributed by atoms with E-state index >= 15 is 0 Å². The summed E-state index contributed by atoms with van der Waals surface area (Å²) < 4.78 is 0. The van der Waals surface area contributed by atoms with E-state index in [1.165, 1.54) is 0 Å². The zero-order valence-electron chi connectivity index (χ0n) is 11.5. The van der Waals surface area contributed by atoms with E-state index in [0.717, 1.165) is 11.3 Å². The Morgan fingerprint density at radius 2 is 2.15 bits per heavy atom. The third-order valence-electron chi connectivity index (χ3n) is 3.13. The second kappa shape index (κ2) is 6.86. The smallest absolute Gasteiger partial charge is 0.269 e. The number of benzene rings is 1. The molecule has 0 radical (unpaired) electrons. The summed E-state index contributed by atoms with van der Waals surface area (Å²) in [5.41, 5.74) is 2.16. The molecule has 0 aliphatic rings. The van der Waals surface area contributed by atoms with Crippen LogP contribution in [0.2, 0.25) is 0 Å². The van der Waals surface area contributed by atoms with E-state index in [4.69, 9.17) is 5.11 Å². The normalized spacial score (nSPS) is 12.1. The molecule has 0 saturated heterocycles. The van der Waals surface area contributed by atoms with Gasteiger partial charge in [0.25, 0.3) is 5.91 Å². The van der Waals surface area contributed by atoms with Crippen molar-refractivity contribution < 1.29 is 9.90 Å². The molecule has 5 heteroatoms. The van der Waals surface area contributed by atoms with Crippen LogP contribution in [0.25, 0.3) is 11.3 Å². The fourth-order valence-electron chi connectivity index (χ4n) is 1.88. The van der Waals surface area contributed by atoms with Crippen molar-refractivity contribution in [2.24, 2.45) is 5.92 Å². The lowest BCUT2D eigenvalue weighted by Crippen LogP contribution is -2.28. The van der Waals surface area contributed by atoms with Crippen LogP contribution in [0.15, 0.2) is 36.4 Å². The highest BCUT2D eigenvalue weighted by Gasteiger charge is 2.11. The van der Waals surface area contributed by atoms with E-state index in [0.29, 0.717) is 18.7 Å². The first kappa shape index (κ1) is 14.3. The Morgan fingerprint density at radius 1 is 1.40 bits per heavy atom. The maximum atomic E-state index is 12.0. The summed E-state index contributed by atoms with van der Waals surface area (Å²) in [6, 6.07) is 11.4. The largest absolute Gasteiger partial charge is 0.396 e. The standard InChI is InChI=1S/C15H19N3O2/c1-11(7-8-19)10-16-15(20)14-9-13(17-18-14)12-5-3-2-4-6-12/h2-6,9,11,19H,7-8,10H2,1H3,(H,16,20)(H,17,18). The summed E-state index contributed by atoms with van der Waals surface area (Å²) in [4.78, 5) is 12.0. The van der Waals surface area contributed by atoms with Gasteiger partial charge in [0.15, 0.2) is 0 Å². The maximum absolute atomic E-state index is 12.0. The number of hydrogen-bond acceptors (Lipinski definition) is 3. The molecule has 2 rings (SSSR count). The first-order valence-electron chi connectivity index (χ1n) is 6.70. The number of aliphatic hydroxyl groups excluding tert-OH is 1. The SMILES string of the molecule is CC(CCO)CNC(=O)c1cc(-c2ccccc2)n[nH]1. The van der Waals surface area contributed by atoms with Crippen molar-refractivity contribution in [3.05, 3.63) is 42.1 Å². The molecule has 20 heavy (non-hydrogen) atoms. The molecule has 1 amide bonds. The van der Waals surface area contributed by atoms with Gasteiger partial charge >= 0.3 is 0 Å². The number of hydrogen-bond donors (Lipinski definition) is 3. The third-order valence-corrected chi connectivity index (χ3v) is 3.13. The van der Waals surface area contributed by atoms with E-state index in [1.807, 2.05) is 37.3 Å². The van der Waals surface area contributed by atoms with Crippen molar-refractivity contribution in [1.82, 2.24) is 15.5 Å². The number of nitrogens with zero attached hydrogens (tertiary/aromatic N) is 1. The minimum absolute atomic E-state index is 0.138. The molecule has 0 saturated carbocycles. The predicted molar refractivity (Wildman–Crippen MR) is 77.2 cm³/mol. The highest BCUT2D eigenvalue weighted by Crippen LogP contribution is 2.16. The summed E-state index contributed by atoms with van der Waals surface area (Å²) in [6.07, 6.45) is 0.679. The highest BCUT2D eigenvalue weighted by atomic mass is 16.3. The Labute approximate surface area is 118 Å². The van der Waals surface area contributed by atoms with Crippen LogP contribution in [-0.2, 0) is 0 Å². The van der Waals surface area contributed by atoms with Crippen molar-refractivity contribution in [2.75, 3.05) is 13.2 Å². The van der Waals surface area contributed by atoms with Gasteiger partial charge in [-0.1, -0.05) is 37.3 Å². The summed E-state index contributed by atoms with van der Waals surface area (Å²) in [5, 5.41) is 18.5. The van der Waals surface area contributed by atoms with Gasteiger partial charge in [-0.2, -0.15) is 5.10 Å². The molecular weight excluding hydrogens is 254 g/mol. The number of aromatic nitrogens is 2. The van der Waals surface area contributed by atoms with Gasteiger partial charge in [-0.3, -0.25) is 9.89 Å². The monoisotopic (exact) mass is 273 g/mol. The van der Waals surface area contributed by atoms with Crippen LogP contribution >= 0.6 is 0 Å². The maximum Gasteiger partial charge on any atom is 0.269 e. The summed E-state index contributed by atoms with van der Waals surface area (Å²) in [5.74, 6) is 0.0740. The molecule has 5 nitrogen and oxygen atoms in total. The number of amides is 1.